The Hall–Kier alpha value is -2.11. The molecule has 2 aromatic heterocycles. The molecule has 0 bridgehead atoms. The van der Waals surface area contributed by atoms with Gasteiger partial charge in [-0.15, -0.1) is 0 Å². The minimum absolute atomic E-state index is 0.175. The lowest BCUT2D eigenvalue weighted by Gasteiger charge is -2.02. The zero-order valence-corrected chi connectivity index (χ0v) is 9.46. The average Bonchev–Trinajstić information content (AvgIpc) is 2.38. The SMILES string of the molecule is [O-][n+]1ccc(CCc2ncc(C(F)F)cn2)cc1. The summed E-state index contributed by atoms with van der Waals surface area (Å²) in [6.45, 7) is 0. The fourth-order valence-corrected chi connectivity index (χ4v) is 1.47. The van der Waals surface area contributed by atoms with E-state index in [1.54, 1.807) is 12.1 Å². The van der Waals surface area contributed by atoms with E-state index in [1.165, 1.54) is 12.4 Å². The third-order valence-electron chi connectivity index (χ3n) is 2.49. The number of halogens is 2. The van der Waals surface area contributed by atoms with E-state index < -0.39 is 6.43 Å². The maximum atomic E-state index is 12.3. The minimum Gasteiger partial charge on any atom is -0.619 e. The van der Waals surface area contributed by atoms with Crippen LogP contribution < -0.4 is 4.73 Å². The van der Waals surface area contributed by atoms with Crippen LogP contribution in [0.25, 0.3) is 0 Å². The normalized spacial score (nSPS) is 10.8. The quantitative estimate of drug-likeness (QED) is 0.615. The summed E-state index contributed by atoms with van der Waals surface area (Å²) in [7, 11) is 0. The molecule has 0 amide bonds. The zero-order valence-electron chi connectivity index (χ0n) is 9.46. The second-order valence-corrected chi connectivity index (χ2v) is 3.80. The predicted octanol–water partition coefficient (Wildman–Crippen LogP) is 1.83. The van der Waals surface area contributed by atoms with Crippen molar-refractivity contribution in [2.24, 2.45) is 0 Å². The predicted molar refractivity (Wildman–Crippen MR) is 59.8 cm³/mol. The molecule has 0 unspecified atom stereocenters. The molecule has 94 valence electrons. The number of rotatable bonds is 4. The summed E-state index contributed by atoms with van der Waals surface area (Å²) >= 11 is 0. The van der Waals surface area contributed by atoms with Crippen molar-refractivity contribution in [3.63, 3.8) is 0 Å². The monoisotopic (exact) mass is 251 g/mol. The highest BCUT2D eigenvalue weighted by Crippen LogP contribution is 2.16. The van der Waals surface area contributed by atoms with E-state index in [4.69, 9.17) is 0 Å². The zero-order chi connectivity index (χ0) is 13.0. The first-order valence-corrected chi connectivity index (χ1v) is 5.42. The van der Waals surface area contributed by atoms with E-state index in [-0.39, 0.29) is 5.56 Å². The fourth-order valence-electron chi connectivity index (χ4n) is 1.47. The van der Waals surface area contributed by atoms with Crippen LogP contribution in [0.15, 0.2) is 36.9 Å². The van der Waals surface area contributed by atoms with E-state index in [0.717, 1.165) is 18.0 Å². The summed E-state index contributed by atoms with van der Waals surface area (Å²) in [4.78, 5) is 7.75. The largest absolute Gasteiger partial charge is 0.619 e. The number of nitrogens with zero attached hydrogens (tertiary/aromatic N) is 3. The molecule has 2 aromatic rings. The van der Waals surface area contributed by atoms with Gasteiger partial charge >= 0.3 is 0 Å². The summed E-state index contributed by atoms with van der Waals surface area (Å²) in [6, 6.07) is 3.42. The Labute approximate surface area is 103 Å². The molecule has 0 aromatic carbocycles. The van der Waals surface area contributed by atoms with Crippen LogP contribution in [-0.4, -0.2) is 9.97 Å². The third-order valence-corrected chi connectivity index (χ3v) is 2.49. The number of aromatic nitrogens is 3. The van der Waals surface area contributed by atoms with Gasteiger partial charge in [-0.25, -0.2) is 18.7 Å². The van der Waals surface area contributed by atoms with Crippen LogP contribution in [-0.2, 0) is 12.8 Å². The van der Waals surface area contributed by atoms with Crippen LogP contribution in [0.2, 0.25) is 0 Å². The number of hydrogen-bond acceptors (Lipinski definition) is 3. The van der Waals surface area contributed by atoms with E-state index >= 15 is 0 Å². The highest BCUT2D eigenvalue weighted by Gasteiger charge is 2.08. The van der Waals surface area contributed by atoms with E-state index in [1.807, 2.05) is 0 Å². The van der Waals surface area contributed by atoms with E-state index in [9.17, 15) is 14.0 Å². The molecule has 0 spiro atoms. The number of pyridine rings is 1. The van der Waals surface area contributed by atoms with E-state index in [0.29, 0.717) is 23.4 Å². The average molecular weight is 251 g/mol. The lowest BCUT2D eigenvalue weighted by Crippen LogP contribution is -2.23. The van der Waals surface area contributed by atoms with Gasteiger partial charge in [0.25, 0.3) is 6.43 Å². The van der Waals surface area contributed by atoms with Gasteiger partial charge in [0.15, 0.2) is 12.4 Å². The van der Waals surface area contributed by atoms with Crippen LogP contribution >= 0.6 is 0 Å². The molecule has 0 N–H and O–H groups in total. The maximum Gasteiger partial charge on any atom is 0.266 e. The number of alkyl halides is 2. The van der Waals surface area contributed by atoms with Crippen molar-refractivity contribution in [2.75, 3.05) is 0 Å². The Bertz CT molecular complexity index is 500. The van der Waals surface area contributed by atoms with Gasteiger partial charge in [0.1, 0.15) is 5.82 Å². The lowest BCUT2D eigenvalue weighted by atomic mass is 10.1. The maximum absolute atomic E-state index is 12.3. The second kappa shape index (κ2) is 5.48. The molecule has 0 saturated heterocycles. The first-order valence-electron chi connectivity index (χ1n) is 5.42. The molecule has 2 heterocycles. The van der Waals surface area contributed by atoms with Crippen molar-refractivity contribution in [1.29, 1.82) is 0 Å². The van der Waals surface area contributed by atoms with Crippen LogP contribution in [0, 0.1) is 5.21 Å². The lowest BCUT2D eigenvalue weighted by molar-refractivity contribution is -0.605. The van der Waals surface area contributed by atoms with Crippen LogP contribution in [0.5, 0.6) is 0 Å². The van der Waals surface area contributed by atoms with Gasteiger partial charge in [-0.2, -0.15) is 4.73 Å². The fraction of sp³-hybridized carbons (Fsp3) is 0.250. The Morgan fingerprint density at radius 1 is 1.11 bits per heavy atom. The summed E-state index contributed by atoms with van der Waals surface area (Å²) in [5, 5.41) is 10.8. The van der Waals surface area contributed by atoms with Crippen molar-refractivity contribution in [3.8, 4) is 0 Å². The van der Waals surface area contributed by atoms with Crippen molar-refractivity contribution in [1.82, 2.24) is 9.97 Å². The Morgan fingerprint density at radius 2 is 1.72 bits per heavy atom. The van der Waals surface area contributed by atoms with E-state index in [2.05, 4.69) is 9.97 Å². The molecule has 18 heavy (non-hydrogen) atoms. The van der Waals surface area contributed by atoms with Gasteiger partial charge in [-0.05, 0) is 12.0 Å². The van der Waals surface area contributed by atoms with Gasteiger partial charge < -0.3 is 5.21 Å². The van der Waals surface area contributed by atoms with Gasteiger partial charge in [0, 0.05) is 30.9 Å². The number of aryl methyl sites for hydroxylation is 2. The van der Waals surface area contributed by atoms with Gasteiger partial charge in [0.05, 0.1) is 5.56 Å². The number of hydrogen-bond donors (Lipinski definition) is 0. The molecule has 0 atom stereocenters. The van der Waals surface area contributed by atoms with Crippen molar-refractivity contribution in [3.05, 3.63) is 59.1 Å². The van der Waals surface area contributed by atoms with Crippen molar-refractivity contribution < 1.29 is 13.5 Å². The smallest absolute Gasteiger partial charge is 0.266 e. The Balaban J connectivity index is 1.95. The summed E-state index contributed by atoms with van der Waals surface area (Å²) in [5.41, 5.74) is 0.800. The Morgan fingerprint density at radius 3 is 2.28 bits per heavy atom. The second-order valence-electron chi connectivity index (χ2n) is 3.80. The first-order chi connectivity index (χ1) is 8.65. The van der Waals surface area contributed by atoms with Crippen molar-refractivity contribution in [2.45, 2.75) is 19.3 Å². The molecule has 0 aliphatic carbocycles. The summed E-state index contributed by atoms with van der Waals surface area (Å²) < 4.78 is 25.3. The third kappa shape index (κ3) is 3.19. The highest BCUT2D eigenvalue weighted by molar-refractivity contribution is 5.10. The van der Waals surface area contributed by atoms with Crippen LogP contribution in [0.3, 0.4) is 0 Å². The molecule has 0 aliphatic rings. The highest BCUT2D eigenvalue weighted by atomic mass is 19.3. The molecule has 0 saturated carbocycles. The van der Waals surface area contributed by atoms with Gasteiger partial charge in [-0.1, -0.05) is 0 Å². The molecule has 0 aliphatic heterocycles. The topological polar surface area (TPSA) is 52.7 Å². The first kappa shape index (κ1) is 12.3. The molecule has 6 heteroatoms. The summed E-state index contributed by atoms with van der Waals surface area (Å²) in [6.07, 6.45) is 3.78. The summed E-state index contributed by atoms with van der Waals surface area (Å²) in [5.74, 6) is 0.512. The van der Waals surface area contributed by atoms with Crippen molar-refractivity contribution >= 4 is 0 Å². The van der Waals surface area contributed by atoms with Gasteiger partial charge in [0.2, 0.25) is 0 Å². The molecular weight excluding hydrogens is 240 g/mol. The molecule has 0 fully saturated rings. The molecular formula is C12H11F2N3O. The van der Waals surface area contributed by atoms with Gasteiger partial charge in [-0.3, -0.25) is 0 Å². The minimum atomic E-state index is -2.54. The van der Waals surface area contributed by atoms with Crippen LogP contribution in [0.1, 0.15) is 23.4 Å². The Kier molecular flexibility index (Phi) is 3.76. The molecule has 0 radical (unpaired) electrons. The molecule has 2 rings (SSSR count). The molecule has 4 nitrogen and oxygen atoms in total. The van der Waals surface area contributed by atoms with Crippen LogP contribution in [0.4, 0.5) is 8.78 Å². The standard InChI is InChI=1S/C12H11F2N3O/c13-12(14)10-7-15-11(16-8-10)2-1-9-3-5-17(18)6-4-9/h3-8,12H,1-2H2.